The largest absolute Gasteiger partial charge is 0.465 e. The first-order valence-corrected chi connectivity index (χ1v) is 10.4. The molecule has 0 aliphatic rings. The summed E-state index contributed by atoms with van der Waals surface area (Å²) in [6.07, 6.45) is 1.05. The standard InChI is InChI=1S/C25H29N3O3/c1-17-7-12-22(27-16-17)20-10-8-19(9-11-20)14-23(28-25(30)31)24(29)15-21(26)13-18-5-3-2-4-6-18/h2-12,16,21,23-24,28-29H,13-15,26H2,1H3,(H,30,31)/t21-,23-,24+/m0/s1. The normalized spacial score (nSPS) is 13.9. The third-order valence-corrected chi connectivity index (χ3v) is 5.27. The number of nitrogens with two attached hydrogens (primary N) is 1. The van der Waals surface area contributed by atoms with Crippen molar-refractivity contribution in [1.29, 1.82) is 0 Å². The Balaban J connectivity index is 1.64. The lowest BCUT2D eigenvalue weighted by atomic mass is 9.94. The second kappa shape index (κ2) is 10.7. The van der Waals surface area contributed by atoms with Crippen LogP contribution in [0.2, 0.25) is 0 Å². The molecule has 6 heteroatoms. The molecule has 3 aromatic rings. The Bertz CT molecular complexity index is 960. The second-order valence-electron chi connectivity index (χ2n) is 7.93. The van der Waals surface area contributed by atoms with E-state index in [4.69, 9.17) is 5.73 Å². The van der Waals surface area contributed by atoms with Gasteiger partial charge in [0, 0.05) is 17.8 Å². The molecule has 0 radical (unpaired) electrons. The van der Waals surface area contributed by atoms with Gasteiger partial charge in [0.1, 0.15) is 0 Å². The molecule has 1 amide bonds. The third-order valence-electron chi connectivity index (χ3n) is 5.27. The highest BCUT2D eigenvalue weighted by Gasteiger charge is 2.24. The number of aliphatic hydroxyl groups is 1. The lowest BCUT2D eigenvalue weighted by Gasteiger charge is -2.25. The Morgan fingerprint density at radius 2 is 1.68 bits per heavy atom. The number of benzene rings is 2. The number of rotatable bonds is 9. The average Bonchev–Trinajstić information content (AvgIpc) is 2.75. The molecule has 0 saturated heterocycles. The molecule has 0 aliphatic heterocycles. The van der Waals surface area contributed by atoms with Gasteiger partial charge >= 0.3 is 6.09 Å². The van der Waals surface area contributed by atoms with Crippen LogP contribution in [0, 0.1) is 6.92 Å². The number of amides is 1. The molecule has 31 heavy (non-hydrogen) atoms. The summed E-state index contributed by atoms with van der Waals surface area (Å²) < 4.78 is 0. The first-order valence-electron chi connectivity index (χ1n) is 10.4. The number of nitrogens with zero attached hydrogens (tertiary/aromatic N) is 1. The molecular weight excluding hydrogens is 390 g/mol. The Kier molecular flexibility index (Phi) is 7.76. The van der Waals surface area contributed by atoms with Gasteiger partial charge in [-0.3, -0.25) is 4.98 Å². The molecule has 0 unspecified atom stereocenters. The van der Waals surface area contributed by atoms with E-state index in [1.807, 2.05) is 79.9 Å². The number of aromatic nitrogens is 1. The number of hydrogen-bond acceptors (Lipinski definition) is 4. The predicted octanol–water partition coefficient (Wildman–Crippen LogP) is 3.56. The van der Waals surface area contributed by atoms with Crippen LogP contribution >= 0.6 is 0 Å². The molecule has 1 aromatic heterocycles. The zero-order valence-corrected chi connectivity index (χ0v) is 17.6. The van der Waals surface area contributed by atoms with Crippen LogP contribution in [-0.2, 0) is 12.8 Å². The van der Waals surface area contributed by atoms with Crippen molar-refractivity contribution in [3.63, 3.8) is 0 Å². The van der Waals surface area contributed by atoms with E-state index >= 15 is 0 Å². The zero-order valence-electron chi connectivity index (χ0n) is 17.6. The molecule has 162 valence electrons. The minimum atomic E-state index is -1.17. The highest BCUT2D eigenvalue weighted by molar-refractivity contribution is 5.65. The smallest absolute Gasteiger partial charge is 0.404 e. The summed E-state index contributed by atoms with van der Waals surface area (Å²) in [5.41, 5.74) is 11.2. The SMILES string of the molecule is Cc1ccc(-c2ccc(C[C@H](NC(=O)O)[C@H](O)C[C@@H](N)Cc3ccccc3)cc2)nc1. The second-order valence-corrected chi connectivity index (χ2v) is 7.93. The van der Waals surface area contributed by atoms with Crippen molar-refractivity contribution in [2.45, 2.75) is 44.4 Å². The first-order chi connectivity index (χ1) is 14.9. The van der Waals surface area contributed by atoms with Gasteiger partial charge in [0.15, 0.2) is 0 Å². The average molecular weight is 420 g/mol. The lowest BCUT2D eigenvalue weighted by Crippen LogP contribution is -2.46. The van der Waals surface area contributed by atoms with Crippen LogP contribution in [0.3, 0.4) is 0 Å². The number of carbonyl (C=O) groups is 1. The van der Waals surface area contributed by atoms with Gasteiger partial charge in [-0.2, -0.15) is 0 Å². The molecule has 2 aromatic carbocycles. The molecule has 5 N–H and O–H groups in total. The molecule has 3 atom stereocenters. The molecule has 3 rings (SSSR count). The van der Waals surface area contributed by atoms with Gasteiger partial charge in [-0.05, 0) is 48.9 Å². The quantitative estimate of drug-likeness (QED) is 0.424. The summed E-state index contributed by atoms with van der Waals surface area (Å²) in [7, 11) is 0. The number of aryl methyl sites for hydroxylation is 1. The highest BCUT2D eigenvalue weighted by atomic mass is 16.4. The van der Waals surface area contributed by atoms with Gasteiger partial charge in [0.25, 0.3) is 0 Å². The fourth-order valence-electron chi connectivity index (χ4n) is 3.62. The van der Waals surface area contributed by atoms with Crippen LogP contribution in [0.25, 0.3) is 11.3 Å². The minimum Gasteiger partial charge on any atom is -0.465 e. The topological polar surface area (TPSA) is 108 Å². The van der Waals surface area contributed by atoms with E-state index in [9.17, 15) is 15.0 Å². The molecule has 0 spiro atoms. The van der Waals surface area contributed by atoms with E-state index in [2.05, 4.69) is 10.3 Å². The molecule has 0 saturated carbocycles. The van der Waals surface area contributed by atoms with Crippen LogP contribution in [0.4, 0.5) is 4.79 Å². The molecule has 0 aliphatic carbocycles. The van der Waals surface area contributed by atoms with Gasteiger partial charge in [-0.25, -0.2) is 4.79 Å². The van der Waals surface area contributed by atoms with Crippen LogP contribution in [0.5, 0.6) is 0 Å². The fourth-order valence-corrected chi connectivity index (χ4v) is 3.62. The predicted molar refractivity (Wildman–Crippen MR) is 122 cm³/mol. The van der Waals surface area contributed by atoms with E-state index in [0.717, 1.165) is 27.9 Å². The maximum absolute atomic E-state index is 11.3. The van der Waals surface area contributed by atoms with Crippen molar-refractivity contribution in [2.75, 3.05) is 0 Å². The van der Waals surface area contributed by atoms with E-state index < -0.39 is 18.2 Å². The highest BCUT2D eigenvalue weighted by Crippen LogP contribution is 2.19. The summed E-state index contributed by atoms with van der Waals surface area (Å²) in [6, 6.07) is 20.7. The molecule has 6 nitrogen and oxygen atoms in total. The van der Waals surface area contributed by atoms with E-state index in [1.54, 1.807) is 0 Å². The summed E-state index contributed by atoms with van der Waals surface area (Å²) >= 11 is 0. The minimum absolute atomic E-state index is 0.273. The summed E-state index contributed by atoms with van der Waals surface area (Å²) in [6.45, 7) is 1.99. The van der Waals surface area contributed by atoms with Crippen LogP contribution in [0.15, 0.2) is 72.9 Å². The van der Waals surface area contributed by atoms with Crippen molar-refractivity contribution in [3.05, 3.63) is 89.6 Å². The molecule has 0 fully saturated rings. The Morgan fingerprint density at radius 3 is 2.29 bits per heavy atom. The van der Waals surface area contributed by atoms with Gasteiger partial charge in [-0.15, -0.1) is 0 Å². The van der Waals surface area contributed by atoms with Crippen molar-refractivity contribution in [3.8, 4) is 11.3 Å². The number of pyridine rings is 1. The van der Waals surface area contributed by atoms with Gasteiger partial charge in [0.2, 0.25) is 0 Å². The fraction of sp³-hybridized carbons (Fsp3) is 0.280. The number of aliphatic hydroxyl groups excluding tert-OH is 1. The zero-order chi connectivity index (χ0) is 22.2. The molecule has 1 heterocycles. The third kappa shape index (κ3) is 6.91. The van der Waals surface area contributed by atoms with Crippen LogP contribution in [0.1, 0.15) is 23.1 Å². The maximum Gasteiger partial charge on any atom is 0.404 e. The molecular formula is C25H29N3O3. The number of carboxylic acid groups (broad SMARTS) is 1. The number of nitrogens with one attached hydrogen (secondary N) is 1. The lowest BCUT2D eigenvalue weighted by molar-refractivity contribution is 0.105. The van der Waals surface area contributed by atoms with Crippen molar-refractivity contribution < 1.29 is 15.0 Å². The van der Waals surface area contributed by atoms with E-state index in [-0.39, 0.29) is 6.04 Å². The maximum atomic E-state index is 11.3. The monoisotopic (exact) mass is 419 g/mol. The Morgan fingerprint density at radius 1 is 1.00 bits per heavy atom. The number of hydrogen-bond donors (Lipinski definition) is 4. The van der Waals surface area contributed by atoms with Crippen molar-refractivity contribution in [2.24, 2.45) is 5.73 Å². The van der Waals surface area contributed by atoms with Gasteiger partial charge in [-0.1, -0.05) is 60.7 Å². The van der Waals surface area contributed by atoms with Crippen LogP contribution in [-0.4, -0.2) is 39.5 Å². The van der Waals surface area contributed by atoms with E-state index in [1.165, 1.54) is 0 Å². The first kappa shape index (κ1) is 22.5. The summed E-state index contributed by atoms with van der Waals surface area (Å²) in [5.74, 6) is 0. The Labute approximate surface area is 182 Å². The van der Waals surface area contributed by atoms with Gasteiger partial charge < -0.3 is 21.3 Å². The molecule has 0 bridgehead atoms. The van der Waals surface area contributed by atoms with Gasteiger partial charge in [0.05, 0.1) is 17.8 Å². The summed E-state index contributed by atoms with van der Waals surface area (Å²) in [5, 5.41) is 22.4. The Hall–Kier alpha value is -3.22. The van der Waals surface area contributed by atoms with Crippen molar-refractivity contribution in [1.82, 2.24) is 10.3 Å². The van der Waals surface area contributed by atoms with Crippen LogP contribution < -0.4 is 11.1 Å². The van der Waals surface area contributed by atoms with Crippen molar-refractivity contribution >= 4 is 6.09 Å². The summed E-state index contributed by atoms with van der Waals surface area (Å²) in [4.78, 5) is 15.7. The van der Waals surface area contributed by atoms with E-state index in [0.29, 0.717) is 19.3 Å².